The Balaban J connectivity index is 2.04. The van der Waals surface area contributed by atoms with E-state index in [-0.39, 0.29) is 5.92 Å². The molecule has 2 rings (SSSR count). The Hall–Kier alpha value is -0.950. The van der Waals surface area contributed by atoms with Crippen LogP contribution >= 0.6 is 11.8 Å². The van der Waals surface area contributed by atoms with Crippen LogP contribution in [0.25, 0.3) is 0 Å². The third-order valence-corrected chi connectivity index (χ3v) is 5.22. The van der Waals surface area contributed by atoms with Crippen molar-refractivity contribution in [2.45, 2.75) is 63.3 Å². The van der Waals surface area contributed by atoms with Gasteiger partial charge in [-0.2, -0.15) is 5.26 Å². The molecule has 1 saturated carbocycles. The minimum absolute atomic E-state index is 0.144. The molecule has 3 nitrogen and oxygen atoms in total. The van der Waals surface area contributed by atoms with Crippen LogP contribution in [0.15, 0.2) is 9.64 Å². The number of hydrogen-bond donors (Lipinski definition) is 0. The van der Waals surface area contributed by atoms with Crippen molar-refractivity contribution in [1.82, 2.24) is 4.98 Å². The van der Waals surface area contributed by atoms with E-state index in [1.54, 1.807) is 11.8 Å². The van der Waals surface area contributed by atoms with Gasteiger partial charge in [-0.3, -0.25) is 0 Å². The Morgan fingerprint density at radius 3 is 2.79 bits per heavy atom. The second kappa shape index (κ2) is 6.47. The highest BCUT2D eigenvalue weighted by atomic mass is 32.2. The summed E-state index contributed by atoms with van der Waals surface area (Å²) in [6.07, 6.45) is 5.86. The van der Waals surface area contributed by atoms with Crippen molar-refractivity contribution >= 4 is 11.8 Å². The molecule has 1 aliphatic carbocycles. The smallest absolute Gasteiger partial charge is 0.256 e. The Kier molecular flexibility index (Phi) is 4.93. The molecule has 0 saturated heterocycles. The van der Waals surface area contributed by atoms with Gasteiger partial charge in [-0.05, 0) is 39.0 Å². The van der Waals surface area contributed by atoms with Crippen LogP contribution in [0.3, 0.4) is 0 Å². The molecule has 19 heavy (non-hydrogen) atoms. The maximum atomic E-state index is 9.30. The molecule has 1 fully saturated rings. The highest BCUT2D eigenvalue weighted by Gasteiger charge is 2.32. The summed E-state index contributed by atoms with van der Waals surface area (Å²) in [5.41, 5.74) is 0.955. The normalized spacial score (nSPS) is 27.2. The molecule has 1 aromatic rings. The molecule has 0 aliphatic heterocycles. The topological polar surface area (TPSA) is 49.8 Å². The molecule has 0 aromatic carbocycles. The first-order chi connectivity index (χ1) is 9.13. The van der Waals surface area contributed by atoms with Crippen molar-refractivity contribution in [3.63, 3.8) is 0 Å². The molecule has 0 spiro atoms. The lowest BCUT2D eigenvalue weighted by Gasteiger charge is -2.31. The van der Waals surface area contributed by atoms with Crippen LogP contribution < -0.4 is 0 Å². The van der Waals surface area contributed by atoms with Crippen LogP contribution in [0.4, 0.5) is 0 Å². The van der Waals surface area contributed by atoms with Crippen LogP contribution in [-0.4, -0.2) is 10.2 Å². The first-order valence-electron chi connectivity index (χ1n) is 7.14. The van der Waals surface area contributed by atoms with Crippen LogP contribution in [0.2, 0.25) is 0 Å². The van der Waals surface area contributed by atoms with Crippen molar-refractivity contribution in [3.05, 3.63) is 11.5 Å². The van der Waals surface area contributed by atoms with E-state index < -0.39 is 0 Å². The summed E-state index contributed by atoms with van der Waals surface area (Å²) >= 11 is 1.66. The minimum atomic E-state index is 0.144. The largest absolute Gasteiger partial charge is 0.437 e. The quantitative estimate of drug-likeness (QED) is 0.814. The molecule has 0 N–H and O–H groups in total. The van der Waals surface area contributed by atoms with Crippen LogP contribution in [-0.2, 0) is 0 Å². The molecular weight excluding hydrogens is 256 g/mol. The van der Waals surface area contributed by atoms with Crippen LogP contribution in [0.1, 0.15) is 50.5 Å². The zero-order valence-electron chi connectivity index (χ0n) is 12.0. The maximum absolute atomic E-state index is 9.30. The van der Waals surface area contributed by atoms with Gasteiger partial charge in [0.25, 0.3) is 5.22 Å². The summed E-state index contributed by atoms with van der Waals surface area (Å²) in [5.74, 6) is 1.80. The van der Waals surface area contributed by atoms with Gasteiger partial charge in [0.05, 0.1) is 17.7 Å². The highest BCUT2D eigenvalue weighted by molar-refractivity contribution is 7.99. The molecule has 104 valence electrons. The van der Waals surface area contributed by atoms with Crippen molar-refractivity contribution in [2.75, 3.05) is 0 Å². The third kappa shape index (κ3) is 3.54. The Labute approximate surface area is 119 Å². The number of rotatable bonds is 4. The van der Waals surface area contributed by atoms with Gasteiger partial charge in [0, 0.05) is 5.25 Å². The fourth-order valence-corrected chi connectivity index (χ4v) is 4.13. The van der Waals surface area contributed by atoms with Crippen molar-refractivity contribution in [1.29, 1.82) is 5.26 Å². The summed E-state index contributed by atoms with van der Waals surface area (Å²) in [6, 6.07) is 2.47. The average molecular weight is 278 g/mol. The van der Waals surface area contributed by atoms with E-state index in [1.165, 1.54) is 19.3 Å². The Morgan fingerprint density at radius 2 is 2.21 bits per heavy atom. The van der Waals surface area contributed by atoms with Crippen molar-refractivity contribution in [3.8, 4) is 6.07 Å². The van der Waals surface area contributed by atoms with Gasteiger partial charge in [0.15, 0.2) is 0 Å². The fraction of sp³-hybridized carbons (Fsp3) is 0.733. The molecule has 0 amide bonds. The molecule has 1 aromatic heterocycles. The number of hydrogen-bond acceptors (Lipinski definition) is 4. The lowest BCUT2D eigenvalue weighted by Crippen LogP contribution is -2.26. The average Bonchev–Trinajstić information content (AvgIpc) is 2.69. The van der Waals surface area contributed by atoms with E-state index in [0.29, 0.717) is 5.25 Å². The number of nitrogens with zero attached hydrogens (tertiary/aromatic N) is 2. The molecule has 1 heterocycles. The summed E-state index contributed by atoms with van der Waals surface area (Å²) in [7, 11) is 0. The van der Waals surface area contributed by atoms with E-state index in [9.17, 15) is 5.26 Å². The molecule has 1 aliphatic rings. The summed E-state index contributed by atoms with van der Waals surface area (Å²) in [5, 5.41) is 10.4. The van der Waals surface area contributed by atoms with Crippen molar-refractivity contribution in [2.24, 2.45) is 11.8 Å². The minimum Gasteiger partial charge on any atom is -0.437 e. The van der Waals surface area contributed by atoms with E-state index >= 15 is 0 Å². The maximum Gasteiger partial charge on any atom is 0.256 e. The molecule has 0 radical (unpaired) electrons. The monoisotopic (exact) mass is 278 g/mol. The summed E-state index contributed by atoms with van der Waals surface area (Å²) in [4.78, 5) is 4.43. The number of aryl methyl sites for hydroxylation is 2. The Morgan fingerprint density at radius 1 is 1.42 bits per heavy atom. The zero-order chi connectivity index (χ0) is 13.8. The number of nitriles is 1. The molecule has 3 unspecified atom stereocenters. The van der Waals surface area contributed by atoms with Gasteiger partial charge in [-0.1, -0.05) is 31.5 Å². The SMILES string of the molecule is CCCC1CCC(C#N)C(Sc2nc(C)c(C)o2)C1. The van der Waals surface area contributed by atoms with E-state index in [1.807, 2.05) is 13.8 Å². The predicted octanol–water partition coefficient (Wildman–Crippen LogP) is 4.49. The van der Waals surface area contributed by atoms with Crippen molar-refractivity contribution < 1.29 is 4.42 Å². The number of aromatic nitrogens is 1. The summed E-state index contributed by atoms with van der Waals surface area (Å²) in [6.45, 7) is 6.14. The van der Waals surface area contributed by atoms with Gasteiger partial charge in [-0.15, -0.1) is 0 Å². The molecular formula is C15H22N2OS. The van der Waals surface area contributed by atoms with E-state index in [4.69, 9.17) is 4.42 Å². The number of oxazole rings is 1. The highest BCUT2D eigenvalue weighted by Crippen LogP contribution is 2.41. The zero-order valence-corrected chi connectivity index (χ0v) is 12.8. The van der Waals surface area contributed by atoms with E-state index in [2.05, 4.69) is 18.0 Å². The first kappa shape index (κ1) is 14.5. The second-order valence-corrected chi connectivity index (χ2v) is 6.67. The fourth-order valence-electron chi connectivity index (χ4n) is 2.78. The van der Waals surface area contributed by atoms with Crippen LogP contribution in [0, 0.1) is 37.0 Å². The lowest BCUT2D eigenvalue weighted by atomic mass is 9.80. The van der Waals surface area contributed by atoms with Gasteiger partial charge in [0.1, 0.15) is 5.76 Å². The van der Waals surface area contributed by atoms with Gasteiger partial charge in [0.2, 0.25) is 0 Å². The Bertz CT molecular complexity index is 444. The molecule has 4 heteroatoms. The molecule has 3 atom stereocenters. The van der Waals surface area contributed by atoms with Gasteiger partial charge in [-0.25, -0.2) is 4.98 Å². The standard InChI is InChI=1S/C15H22N2OS/c1-4-5-12-6-7-13(9-16)14(8-12)19-15-17-10(2)11(3)18-15/h12-14H,4-8H2,1-3H3. The first-order valence-corrected chi connectivity index (χ1v) is 8.02. The van der Waals surface area contributed by atoms with E-state index in [0.717, 1.165) is 35.4 Å². The van der Waals surface area contributed by atoms with Gasteiger partial charge < -0.3 is 4.42 Å². The molecule has 0 bridgehead atoms. The summed E-state index contributed by atoms with van der Waals surface area (Å²) < 4.78 is 5.65. The number of thioether (sulfide) groups is 1. The predicted molar refractivity (Wildman–Crippen MR) is 77.0 cm³/mol. The second-order valence-electron chi connectivity index (χ2n) is 5.48. The van der Waals surface area contributed by atoms with Crippen LogP contribution in [0.5, 0.6) is 0 Å². The van der Waals surface area contributed by atoms with Gasteiger partial charge >= 0.3 is 0 Å². The lowest BCUT2D eigenvalue weighted by molar-refractivity contribution is 0.305. The third-order valence-electron chi connectivity index (χ3n) is 4.02.